The SMILES string of the molecule is CCC(CC)NC(=O)COC(=O)CNC(=O)c1ccc2c(c1)OCO2. The van der Waals surface area contributed by atoms with Crippen LogP contribution in [0.5, 0.6) is 11.5 Å². The summed E-state index contributed by atoms with van der Waals surface area (Å²) in [5.41, 5.74) is 0.337. The van der Waals surface area contributed by atoms with E-state index in [1.807, 2.05) is 13.8 Å². The summed E-state index contributed by atoms with van der Waals surface area (Å²) in [5, 5.41) is 5.19. The van der Waals surface area contributed by atoms with Gasteiger partial charge in [-0.05, 0) is 31.0 Å². The molecule has 0 spiro atoms. The summed E-state index contributed by atoms with van der Waals surface area (Å²) < 4.78 is 15.2. The number of esters is 1. The largest absolute Gasteiger partial charge is 0.454 e. The first kappa shape index (κ1) is 18.6. The summed E-state index contributed by atoms with van der Waals surface area (Å²) in [6.07, 6.45) is 1.61. The van der Waals surface area contributed by atoms with E-state index < -0.39 is 11.9 Å². The van der Waals surface area contributed by atoms with Gasteiger partial charge in [-0.25, -0.2) is 0 Å². The molecule has 2 N–H and O–H groups in total. The van der Waals surface area contributed by atoms with Crippen LogP contribution in [0.4, 0.5) is 0 Å². The minimum absolute atomic E-state index is 0.0666. The second-order valence-electron chi connectivity index (χ2n) is 5.49. The van der Waals surface area contributed by atoms with Crippen LogP contribution in [-0.2, 0) is 14.3 Å². The second-order valence-corrected chi connectivity index (χ2v) is 5.49. The molecule has 0 atom stereocenters. The van der Waals surface area contributed by atoms with Gasteiger partial charge in [-0.1, -0.05) is 13.8 Å². The van der Waals surface area contributed by atoms with Gasteiger partial charge in [0.15, 0.2) is 18.1 Å². The van der Waals surface area contributed by atoms with Gasteiger partial charge in [-0.3, -0.25) is 14.4 Å². The maximum absolute atomic E-state index is 12.0. The van der Waals surface area contributed by atoms with Gasteiger partial charge in [-0.15, -0.1) is 0 Å². The first-order valence-electron chi connectivity index (χ1n) is 8.16. The molecule has 1 aromatic carbocycles. The Kier molecular flexibility index (Phi) is 6.62. The molecule has 1 aliphatic heterocycles. The average molecular weight is 350 g/mol. The Balaban J connectivity index is 1.72. The van der Waals surface area contributed by atoms with Crippen molar-refractivity contribution < 1.29 is 28.6 Å². The van der Waals surface area contributed by atoms with Crippen LogP contribution in [0.15, 0.2) is 18.2 Å². The van der Waals surface area contributed by atoms with Crippen molar-refractivity contribution in [2.24, 2.45) is 0 Å². The molecule has 25 heavy (non-hydrogen) atoms. The van der Waals surface area contributed by atoms with Crippen LogP contribution in [0.3, 0.4) is 0 Å². The Hall–Kier alpha value is -2.77. The minimum atomic E-state index is -0.686. The monoisotopic (exact) mass is 350 g/mol. The number of amides is 2. The number of benzene rings is 1. The quantitative estimate of drug-likeness (QED) is 0.678. The van der Waals surface area contributed by atoms with E-state index in [2.05, 4.69) is 10.6 Å². The molecule has 0 saturated carbocycles. The van der Waals surface area contributed by atoms with Gasteiger partial charge in [0.2, 0.25) is 6.79 Å². The Morgan fingerprint density at radius 2 is 1.88 bits per heavy atom. The molecule has 0 saturated heterocycles. The van der Waals surface area contributed by atoms with Crippen molar-refractivity contribution in [3.05, 3.63) is 23.8 Å². The van der Waals surface area contributed by atoms with Crippen LogP contribution in [0, 0.1) is 0 Å². The molecule has 8 heteroatoms. The molecule has 136 valence electrons. The standard InChI is InChI=1S/C17H22N2O6/c1-3-12(4-2)19-15(20)9-23-16(21)8-18-17(22)11-5-6-13-14(7-11)25-10-24-13/h5-7,12H,3-4,8-10H2,1-2H3,(H,18,22)(H,19,20). The highest BCUT2D eigenvalue weighted by atomic mass is 16.7. The Bertz CT molecular complexity index is 642. The molecular formula is C17H22N2O6. The molecule has 8 nitrogen and oxygen atoms in total. The predicted octanol–water partition coefficient (Wildman–Crippen LogP) is 0.993. The molecule has 0 radical (unpaired) electrons. The lowest BCUT2D eigenvalue weighted by atomic mass is 10.2. The van der Waals surface area contributed by atoms with Crippen LogP contribution in [0.2, 0.25) is 0 Å². The lowest BCUT2D eigenvalue weighted by Crippen LogP contribution is -2.38. The fourth-order valence-electron chi connectivity index (χ4n) is 2.25. The van der Waals surface area contributed by atoms with Crippen LogP contribution in [-0.4, -0.2) is 43.8 Å². The smallest absolute Gasteiger partial charge is 0.325 e. The van der Waals surface area contributed by atoms with Crippen molar-refractivity contribution in [3.63, 3.8) is 0 Å². The van der Waals surface area contributed by atoms with Crippen molar-refractivity contribution in [2.75, 3.05) is 19.9 Å². The fourth-order valence-corrected chi connectivity index (χ4v) is 2.25. The van der Waals surface area contributed by atoms with Gasteiger partial charge in [0, 0.05) is 11.6 Å². The maximum Gasteiger partial charge on any atom is 0.325 e. The molecule has 0 unspecified atom stereocenters. The zero-order valence-corrected chi connectivity index (χ0v) is 14.3. The van der Waals surface area contributed by atoms with E-state index >= 15 is 0 Å². The van der Waals surface area contributed by atoms with Crippen LogP contribution in [0.1, 0.15) is 37.0 Å². The lowest BCUT2D eigenvalue weighted by Gasteiger charge is -2.14. The number of carbonyl (C=O) groups excluding carboxylic acids is 3. The zero-order valence-electron chi connectivity index (χ0n) is 14.3. The number of nitrogens with one attached hydrogen (secondary N) is 2. The highest BCUT2D eigenvalue weighted by Gasteiger charge is 2.17. The average Bonchev–Trinajstić information content (AvgIpc) is 3.10. The summed E-state index contributed by atoms with van der Waals surface area (Å²) >= 11 is 0. The molecule has 0 aromatic heterocycles. The fraction of sp³-hybridized carbons (Fsp3) is 0.471. The molecule has 2 amide bonds. The number of carbonyl (C=O) groups is 3. The normalized spacial score (nSPS) is 12.0. The molecule has 1 aromatic rings. The van der Waals surface area contributed by atoms with Gasteiger partial charge >= 0.3 is 5.97 Å². The molecule has 1 aliphatic rings. The van der Waals surface area contributed by atoms with Gasteiger partial charge in [-0.2, -0.15) is 0 Å². The number of hydrogen-bond acceptors (Lipinski definition) is 6. The van der Waals surface area contributed by atoms with Crippen LogP contribution < -0.4 is 20.1 Å². The molecule has 0 fully saturated rings. The summed E-state index contributed by atoms with van der Waals surface area (Å²) in [4.78, 5) is 35.3. The van der Waals surface area contributed by atoms with Gasteiger partial charge in [0.05, 0.1) is 0 Å². The molecular weight excluding hydrogens is 328 g/mol. The molecule has 1 heterocycles. The third-order valence-corrected chi connectivity index (χ3v) is 3.74. The van der Waals surface area contributed by atoms with Gasteiger partial charge < -0.3 is 24.8 Å². The number of hydrogen-bond donors (Lipinski definition) is 2. The van der Waals surface area contributed by atoms with E-state index in [4.69, 9.17) is 14.2 Å². The van der Waals surface area contributed by atoms with E-state index in [0.29, 0.717) is 17.1 Å². The highest BCUT2D eigenvalue weighted by molar-refractivity contribution is 5.96. The summed E-state index contributed by atoms with van der Waals surface area (Å²) in [5.74, 6) is -0.442. The van der Waals surface area contributed by atoms with E-state index in [1.54, 1.807) is 12.1 Å². The number of fused-ring (bicyclic) bond motifs is 1. The first-order valence-corrected chi connectivity index (χ1v) is 8.16. The van der Waals surface area contributed by atoms with Gasteiger partial charge in [0.1, 0.15) is 6.54 Å². The first-order chi connectivity index (χ1) is 12.0. The van der Waals surface area contributed by atoms with Crippen molar-refractivity contribution >= 4 is 17.8 Å². The van der Waals surface area contributed by atoms with E-state index in [0.717, 1.165) is 12.8 Å². The summed E-state index contributed by atoms with van der Waals surface area (Å²) in [7, 11) is 0. The third kappa shape index (κ3) is 5.37. The van der Waals surface area contributed by atoms with E-state index in [-0.39, 0.29) is 31.9 Å². The van der Waals surface area contributed by atoms with Crippen LogP contribution in [0.25, 0.3) is 0 Å². The Morgan fingerprint density at radius 3 is 2.60 bits per heavy atom. The number of ether oxygens (including phenoxy) is 3. The van der Waals surface area contributed by atoms with Gasteiger partial charge in [0.25, 0.3) is 11.8 Å². The number of rotatable bonds is 8. The maximum atomic E-state index is 12.0. The summed E-state index contributed by atoms with van der Waals surface area (Å²) in [6, 6.07) is 4.79. The van der Waals surface area contributed by atoms with Crippen molar-refractivity contribution in [3.8, 4) is 11.5 Å². The highest BCUT2D eigenvalue weighted by Crippen LogP contribution is 2.32. The van der Waals surface area contributed by atoms with Crippen LogP contribution >= 0.6 is 0 Å². The second kappa shape index (κ2) is 8.91. The van der Waals surface area contributed by atoms with E-state index in [1.165, 1.54) is 6.07 Å². The van der Waals surface area contributed by atoms with E-state index in [9.17, 15) is 14.4 Å². The Morgan fingerprint density at radius 1 is 1.16 bits per heavy atom. The Labute approximate surface area is 145 Å². The topological polar surface area (TPSA) is 103 Å². The van der Waals surface area contributed by atoms with Crippen molar-refractivity contribution in [2.45, 2.75) is 32.7 Å². The van der Waals surface area contributed by atoms with Crippen molar-refractivity contribution in [1.82, 2.24) is 10.6 Å². The molecule has 2 rings (SSSR count). The summed E-state index contributed by atoms with van der Waals surface area (Å²) in [6.45, 7) is 3.35. The zero-order chi connectivity index (χ0) is 18.2. The van der Waals surface area contributed by atoms with Crippen molar-refractivity contribution in [1.29, 1.82) is 0 Å². The molecule has 0 bridgehead atoms. The molecule has 0 aliphatic carbocycles. The minimum Gasteiger partial charge on any atom is -0.454 e. The lowest BCUT2D eigenvalue weighted by molar-refractivity contribution is -0.147. The third-order valence-electron chi connectivity index (χ3n) is 3.74. The predicted molar refractivity (Wildman–Crippen MR) is 88.4 cm³/mol.